The first-order valence-electron chi connectivity index (χ1n) is 9.58. The zero-order valence-corrected chi connectivity index (χ0v) is 16.7. The van der Waals surface area contributed by atoms with Crippen LogP contribution in [0, 0.1) is 13.8 Å². The van der Waals surface area contributed by atoms with Crippen molar-refractivity contribution in [3.63, 3.8) is 0 Å². The van der Waals surface area contributed by atoms with Crippen molar-refractivity contribution in [2.24, 2.45) is 0 Å². The fourth-order valence-corrected chi connectivity index (χ4v) is 4.96. The van der Waals surface area contributed by atoms with Gasteiger partial charge in [-0.3, -0.25) is 4.90 Å². The number of rotatable bonds is 6. The Morgan fingerprint density at radius 2 is 2.11 bits per heavy atom. The minimum Gasteiger partial charge on any atom is -0.491 e. The van der Waals surface area contributed by atoms with Crippen LogP contribution in [0.5, 0.6) is 5.75 Å². The Balaban J connectivity index is 1.38. The molecular weight excluding hydrogens is 356 g/mol. The van der Waals surface area contributed by atoms with Crippen LogP contribution in [0.4, 0.5) is 0 Å². The van der Waals surface area contributed by atoms with E-state index in [1.165, 1.54) is 10.3 Å². The molecular formula is C22H26N2O2S. The van der Waals surface area contributed by atoms with Gasteiger partial charge < -0.3 is 9.84 Å². The number of nitrogens with zero attached hydrogens (tertiary/aromatic N) is 2. The molecule has 0 aliphatic carbocycles. The Labute approximate surface area is 164 Å². The van der Waals surface area contributed by atoms with Crippen LogP contribution >= 0.6 is 11.3 Å². The second-order valence-electron chi connectivity index (χ2n) is 7.41. The number of para-hydroxylation sites is 1. The van der Waals surface area contributed by atoms with Crippen molar-refractivity contribution in [3.05, 3.63) is 58.6 Å². The normalized spacial score (nSPS) is 18.9. The van der Waals surface area contributed by atoms with E-state index >= 15 is 0 Å². The summed E-state index contributed by atoms with van der Waals surface area (Å²) in [4.78, 5) is 7.18. The topological polar surface area (TPSA) is 45.6 Å². The fraction of sp³-hybridized carbons (Fsp3) is 0.409. The van der Waals surface area contributed by atoms with E-state index in [4.69, 9.17) is 9.72 Å². The van der Waals surface area contributed by atoms with Crippen molar-refractivity contribution in [3.8, 4) is 5.75 Å². The van der Waals surface area contributed by atoms with Crippen molar-refractivity contribution in [1.29, 1.82) is 0 Å². The van der Waals surface area contributed by atoms with Gasteiger partial charge in [0.15, 0.2) is 0 Å². The molecule has 0 saturated carbocycles. The van der Waals surface area contributed by atoms with Crippen LogP contribution in [0.1, 0.15) is 35.0 Å². The summed E-state index contributed by atoms with van der Waals surface area (Å²) in [7, 11) is 0. The molecule has 2 aromatic carbocycles. The molecule has 0 bridgehead atoms. The molecule has 1 aliphatic heterocycles. The third-order valence-electron chi connectivity index (χ3n) is 5.17. The highest BCUT2D eigenvalue weighted by Crippen LogP contribution is 2.36. The van der Waals surface area contributed by atoms with Gasteiger partial charge in [0, 0.05) is 6.54 Å². The first-order valence-corrected chi connectivity index (χ1v) is 10.4. The Morgan fingerprint density at radius 1 is 1.26 bits per heavy atom. The molecule has 0 spiro atoms. The summed E-state index contributed by atoms with van der Waals surface area (Å²) in [6.07, 6.45) is 1.73. The molecule has 1 aromatic heterocycles. The van der Waals surface area contributed by atoms with E-state index < -0.39 is 6.10 Å². The van der Waals surface area contributed by atoms with Gasteiger partial charge in [-0.1, -0.05) is 29.8 Å². The minimum absolute atomic E-state index is 0.304. The quantitative estimate of drug-likeness (QED) is 0.682. The number of benzene rings is 2. The van der Waals surface area contributed by atoms with Crippen molar-refractivity contribution in [2.75, 3.05) is 19.7 Å². The molecule has 2 atom stereocenters. The van der Waals surface area contributed by atoms with Crippen molar-refractivity contribution >= 4 is 21.6 Å². The minimum atomic E-state index is -0.513. The number of aryl methyl sites for hydroxylation is 2. The largest absolute Gasteiger partial charge is 0.491 e. The third kappa shape index (κ3) is 4.15. The first-order chi connectivity index (χ1) is 13.1. The number of aliphatic hydroxyl groups is 1. The zero-order chi connectivity index (χ0) is 18.8. The molecule has 0 amide bonds. The molecule has 142 valence electrons. The molecule has 1 fully saturated rings. The van der Waals surface area contributed by atoms with Gasteiger partial charge in [-0.25, -0.2) is 4.98 Å². The highest BCUT2D eigenvalue weighted by Gasteiger charge is 2.30. The average Bonchev–Trinajstić information content (AvgIpc) is 3.27. The van der Waals surface area contributed by atoms with Gasteiger partial charge in [0.25, 0.3) is 0 Å². The van der Waals surface area contributed by atoms with E-state index in [2.05, 4.69) is 36.1 Å². The van der Waals surface area contributed by atoms with Crippen LogP contribution in [-0.2, 0) is 0 Å². The molecule has 1 aliphatic rings. The zero-order valence-electron chi connectivity index (χ0n) is 15.9. The maximum absolute atomic E-state index is 10.5. The standard InChI is InChI=1S/C22H26N2O2S/c1-15-9-10-20(16(2)12-15)26-14-17(25)13-24-11-5-7-19(24)22-23-18-6-3-4-8-21(18)27-22/h3-4,6,8-10,12,17,19,25H,5,7,11,13-14H2,1-2H3. The van der Waals surface area contributed by atoms with Crippen LogP contribution < -0.4 is 4.74 Å². The lowest BCUT2D eigenvalue weighted by atomic mass is 10.1. The third-order valence-corrected chi connectivity index (χ3v) is 6.30. The summed E-state index contributed by atoms with van der Waals surface area (Å²) in [5.41, 5.74) is 3.40. The number of fused-ring (bicyclic) bond motifs is 1. The fourth-order valence-electron chi connectivity index (χ4n) is 3.83. The molecule has 3 aromatic rings. The van der Waals surface area contributed by atoms with E-state index in [9.17, 15) is 5.11 Å². The van der Waals surface area contributed by atoms with Crippen molar-refractivity contribution in [2.45, 2.75) is 38.8 Å². The number of aliphatic hydroxyl groups excluding tert-OH is 1. The molecule has 2 heterocycles. The molecule has 2 unspecified atom stereocenters. The summed E-state index contributed by atoms with van der Waals surface area (Å²) < 4.78 is 7.10. The summed E-state index contributed by atoms with van der Waals surface area (Å²) >= 11 is 1.77. The van der Waals surface area contributed by atoms with E-state index in [0.717, 1.165) is 41.2 Å². The maximum Gasteiger partial charge on any atom is 0.122 e. The average molecular weight is 383 g/mol. The second-order valence-corrected chi connectivity index (χ2v) is 8.47. The number of hydrogen-bond acceptors (Lipinski definition) is 5. The summed E-state index contributed by atoms with van der Waals surface area (Å²) in [6, 6.07) is 14.7. The Hall–Kier alpha value is -1.95. The molecule has 1 N–H and O–H groups in total. The molecule has 1 saturated heterocycles. The second kappa shape index (κ2) is 7.97. The Morgan fingerprint density at radius 3 is 2.93 bits per heavy atom. The predicted molar refractivity (Wildman–Crippen MR) is 111 cm³/mol. The molecule has 4 nitrogen and oxygen atoms in total. The lowest BCUT2D eigenvalue weighted by Crippen LogP contribution is -2.35. The van der Waals surface area contributed by atoms with Crippen LogP contribution in [0.2, 0.25) is 0 Å². The van der Waals surface area contributed by atoms with Gasteiger partial charge in [0.1, 0.15) is 23.5 Å². The lowest BCUT2D eigenvalue weighted by molar-refractivity contribution is 0.0636. The number of thiazole rings is 1. The Kier molecular flexibility index (Phi) is 5.43. The van der Waals surface area contributed by atoms with E-state index in [1.54, 1.807) is 11.3 Å². The van der Waals surface area contributed by atoms with Gasteiger partial charge >= 0.3 is 0 Å². The van der Waals surface area contributed by atoms with E-state index in [0.29, 0.717) is 19.2 Å². The predicted octanol–water partition coefficient (Wildman–Crippen LogP) is 4.49. The number of likely N-dealkylation sites (tertiary alicyclic amines) is 1. The molecule has 0 radical (unpaired) electrons. The first kappa shape index (κ1) is 18.4. The highest BCUT2D eigenvalue weighted by atomic mass is 32.1. The van der Waals surface area contributed by atoms with Crippen molar-refractivity contribution in [1.82, 2.24) is 9.88 Å². The van der Waals surface area contributed by atoms with Gasteiger partial charge in [0.2, 0.25) is 0 Å². The molecule has 5 heteroatoms. The van der Waals surface area contributed by atoms with Gasteiger partial charge in [0.05, 0.1) is 16.3 Å². The van der Waals surface area contributed by atoms with Crippen LogP contribution in [0.3, 0.4) is 0 Å². The van der Waals surface area contributed by atoms with Gasteiger partial charge in [-0.2, -0.15) is 0 Å². The van der Waals surface area contributed by atoms with Crippen LogP contribution in [0.15, 0.2) is 42.5 Å². The number of aromatic nitrogens is 1. The smallest absolute Gasteiger partial charge is 0.122 e. The number of β-amino-alcohol motifs (C(OH)–C–C–N with tert-alkyl or cyclic N) is 1. The molecule has 27 heavy (non-hydrogen) atoms. The van der Waals surface area contributed by atoms with Gasteiger partial charge in [-0.05, 0) is 57.0 Å². The lowest BCUT2D eigenvalue weighted by Gasteiger charge is -2.25. The van der Waals surface area contributed by atoms with Crippen LogP contribution in [-0.4, -0.2) is 40.8 Å². The van der Waals surface area contributed by atoms with Crippen molar-refractivity contribution < 1.29 is 9.84 Å². The van der Waals surface area contributed by atoms with E-state index in [-0.39, 0.29) is 0 Å². The summed E-state index contributed by atoms with van der Waals surface area (Å²) in [6.45, 7) is 6.04. The van der Waals surface area contributed by atoms with Gasteiger partial charge in [-0.15, -0.1) is 11.3 Å². The number of ether oxygens (including phenoxy) is 1. The highest BCUT2D eigenvalue weighted by molar-refractivity contribution is 7.18. The monoisotopic (exact) mass is 382 g/mol. The number of hydrogen-bond donors (Lipinski definition) is 1. The Bertz CT molecular complexity index is 891. The maximum atomic E-state index is 10.5. The van der Waals surface area contributed by atoms with Crippen LogP contribution in [0.25, 0.3) is 10.2 Å². The SMILES string of the molecule is Cc1ccc(OCC(O)CN2CCCC2c2nc3ccccc3s2)c(C)c1. The molecule has 4 rings (SSSR count). The summed E-state index contributed by atoms with van der Waals surface area (Å²) in [5.74, 6) is 0.851. The van der Waals surface area contributed by atoms with E-state index in [1.807, 2.05) is 25.1 Å². The summed E-state index contributed by atoms with van der Waals surface area (Å²) in [5, 5.41) is 11.7.